The zero-order valence-corrected chi connectivity index (χ0v) is 12.7. The molecule has 0 bridgehead atoms. The Morgan fingerprint density at radius 2 is 1.53 bits per heavy atom. The largest absolute Gasteiger partial charge is 0.392 e. The molecule has 0 aliphatic carbocycles. The van der Waals surface area contributed by atoms with Crippen LogP contribution in [0.3, 0.4) is 0 Å². The van der Waals surface area contributed by atoms with Crippen LogP contribution in [-0.2, 0) is 17.4 Å². The van der Waals surface area contributed by atoms with Gasteiger partial charge in [0.1, 0.15) is 0 Å². The molecule has 2 rings (SSSR count). The Bertz CT molecular complexity index is 603. The highest BCUT2D eigenvalue weighted by Crippen LogP contribution is 2.32. The van der Waals surface area contributed by atoms with Gasteiger partial charge in [-0.1, -0.05) is 34.8 Å². The molecule has 0 aliphatic rings. The van der Waals surface area contributed by atoms with Crippen LogP contribution in [0.2, 0.25) is 15.1 Å². The number of aliphatic hydroxyl groups is 1. The lowest BCUT2D eigenvalue weighted by atomic mass is 10.2. The van der Waals surface area contributed by atoms with E-state index in [1.54, 1.807) is 36.4 Å². The van der Waals surface area contributed by atoms with Crippen molar-refractivity contribution in [3.05, 3.63) is 57.0 Å². The van der Waals surface area contributed by atoms with Gasteiger partial charge in [-0.15, -0.1) is 0 Å². The Labute approximate surface area is 128 Å². The molecule has 19 heavy (non-hydrogen) atoms. The summed E-state index contributed by atoms with van der Waals surface area (Å²) in [6.07, 6.45) is 0. The maximum absolute atomic E-state index is 12.4. The van der Waals surface area contributed by atoms with E-state index in [-0.39, 0.29) is 16.7 Å². The molecule has 2 aromatic rings. The summed E-state index contributed by atoms with van der Waals surface area (Å²) in [6, 6.07) is 9.72. The molecule has 0 spiro atoms. The third-order valence-corrected chi connectivity index (χ3v) is 5.04. The molecule has 1 atom stereocenters. The monoisotopic (exact) mass is 334 g/mol. The van der Waals surface area contributed by atoms with Crippen molar-refractivity contribution in [2.24, 2.45) is 0 Å². The van der Waals surface area contributed by atoms with E-state index in [1.807, 2.05) is 0 Å². The summed E-state index contributed by atoms with van der Waals surface area (Å²) in [5.74, 6) is 0. The van der Waals surface area contributed by atoms with E-state index in [4.69, 9.17) is 39.9 Å². The standard InChI is InChI=1S/C13H9Cl3O2S/c14-9-1-3-10(4-2-9)19(18)13-11(15)5-8(7-17)6-12(13)16/h1-6,17H,7H2. The Hall–Kier alpha value is -0.580. The summed E-state index contributed by atoms with van der Waals surface area (Å²) in [4.78, 5) is 0.896. The summed E-state index contributed by atoms with van der Waals surface area (Å²) in [6.45, 7) is -0.173. The predicted molar refractivity (Wildman–Crippen MR) is 78.5 cm³/mol. The normalized spacial score (nSPS) is 12.4. The summed E-state index contributed by atoms with van der Waals surface area (Å²) >= 11 is 17.9. The van der Waals surface area contributed by atoms with Gasteiger partial charge in [-0.2, -0.15) is 0 Å². The molecule has 6 heteroatoms. The van der Waals surface area contributed by atoms with Gasteiger partial charge in [0, 0.05) is 9.92 Å². The highest BCUT2D eigenvalue weighted by molar-refractivity contribution is 7.85. The lowest BCUT2D eigenvalue weighted by molar-refractivity contribution is 0.282. The van der Waals surface area contributed by atoms with E-state index in [0.717, 1.165) is 0 Å². The Kier molecular flexibility index (Phi) is 4.87. The third-order valence-electron chi connectivity index (χ3n) is 2.45. The average Bonchev–Trinajstić information content (AvgIpc) is 2.38. The van der Waals surface area contributed by atoms with Gasteiger partial charge in [0.2, 0.25) is 0 Å². The van der Waals surface area contributed by atoms with Gasteiger partial charge >= 0.3 is 0 Å². The minimum absolute atomic E-state index is 0.173. The van der Waals surface area contributed by atoms with Gasteiger partial charge in [0.15, 0.2) is 0 Å². The van der Waals surface area contributed by atoms with Crippen molar-refractivity contribution in [2.75, 3.05) is 0 Å². The molecule has 2 nitrogen and oxygen atoms in total. The fourth-order valence-electron chi connectivity index (χ4n) is 1.56. The van der Waals surface area contributed by atoms with Crippen molar-refractivity contribution < 1.29 is 9.32 Å². The van der Waals surface area contributed by atoms with Crippen LogP contribution < -0.4 is 0 Å². The van der Waals surface area contributed by atoms with Crippen LogP contribution in [0.4, 0.5) is 0 Å². The predicted octanol–water partition coefficient (Wildman–Crippen LogP) is 4.31. The SMILES string of the molecule is O=S(c1ccc(Cl)cc1)c1c(Cl)cc(CO)cc1Cl. The molecule has 0 aliphatic heterocycles. The molecular weight excluding hydrogens is 327 g/mol. The molecular formula is C13H9Cl3O2S. The molecule has 0 amide bonds. The molecule has 0 fully saturated rings. The van der Waals surface area contributed by atoms with Crippen LogP contribution in [0.5, 0.6) is 0 Å². The second-order valence-corrected chi connectivity index (χ2v) is 6.44. The van der Waals surface area contributed by atoms with E-state index in [9.17, 15) is 4.21 Å². The average molecular weight is 336 g/mol. The molecule has 1 N–H and O–H groups in total. The first kappa shape index (κ1) is 14.8. The Morgan fingerprint density at radius 1 is 1.00 bits per heavy atom. The minimum atomic E-state index is -1.49. The number of aliphatic hydroxyl groups excluding tert-OH is 1. The zero-order chi connectivity index (χ0) is 14.0. The van der Waals surface area contributed by atoms with Gasteiger partial charge < -0.3 is 5.11 Å². The van der Waals surface area contributed by atoms with Gasteiger partial charge in [0.25, 0.3) is 0 Å². The van der Waals surface area contributed by atoms with Crippen LogP contribution in [0.25, 0.3) is 0 Å². The molecule has 2 aromatic carbocycles. The molecule has 0 aromatic heterocycles. The summed E-state index contributed by atoms with van der Waals surface area (Å²) in [5, 5.41) is 10.2. The molecule has 0 saturated heterocycles. The second kappa shape index (κ2) is 6.25. The molecule has 0 heterocycles. The molecule has 0 radical (unpaired) electrons. The van der Waals surface area contributed by atoms with E-state index >= 15 is 0 Å². The van der Waals surface area contributed by atoms with Crippen LogP contribution >= 0.6 is 34.8 Å². The quantitative estimate of drug-likeness (QED) is 0.907. The van der Waals surface area contributed by atoms with Crippen molar-refractivity contribution in [3.63, 3.8) is 0 Å². The minimum Gasteiger partial charge on any atom is -0.392 e. The van der Waals surface area contributed by atoms with Crippen LogP contribution in [0, 0.1) is 0 Å². The summed E-state index contributed by atoms with van der Waals surface area (Å²) < 4.78 is 12.4. The van der Waals surface area contributed by atoms with Crippen LogP contribution in [0.1, 0.15) is 5.56 Å². The number of rotatable bonds is 3. The van der Waals surface area contributed by atoms with Crippen molar-refractivity contribution in [3.8, 4) is 0 Å². The van der Waals surface area contributed by atoms with Crippen molar-refractivity contribution in [1.82, 2.24) is 0 Å². The lowest BCUT2D eigenvalue weighted by Gasteiger charge is -2.09. The molecule has 100 valence electrons. The third kappa shape index (κ3) is 3.30. The van der Waals surface area contributed by atoms with E-state index in [0.29, 0.717) is 20.4 Å². The highest BCUT2D eigenvalue weighted by atomic mass is 35.5. The fourth-order valence-corrected chi connectivity index (χ4v) is 3.73. The lowest BCUT2D eigenvalue weighted by Crippen LogP contribution is -1.97. The summed E-state index contributed by atoms with van der Waals surface area (Å²) in [5.41, 5.74) is 0.576. The van der Waals surface area contributed by atoms with Crippen LogP contribution in [0.15, 0.2) is 46.2 Å². The fraction of sp³-hybridized carbons (Fsp3) is 0.0769. The number of benzene rings is 2. The van der Waals surface area contributed by atoms with Crippen molar-refractivity contribution >= 4 is 45.6 Å². The van der Waals surface area contributed by atoms with Gasteiger partial charge in [-0.25, -0.2) is 4.21 Å². The zero-order valence-electron chi connectivity index (χ0n) is 9.57. The number of hydrogen-bond acceptors (Lipinski definition) is 2. The number of hydrogen-bond donors (Lipinski definition) is 1. The van der Waals surface area contributed by atoms with Gasteiger partial charge in [-0.3, -0.25) is 0 Å². The van der Waals surface area contributed by atoms with Crippen LogP contribution in [-0.4, -0.2) is 9.32 Å². The van der Waals surface area contributed by atoms with Crippen molar-refractivity contribution in [1.29, 1.82) is 0 Å². The Balaban J connectivity index is 2.47. The maximum atomic E-state index is 12.4. The highest BCUT2D eigenvalue weighted by Gasteiger charge is 2.16. The maximum Gasteiger partial charge on any atom is 0.0880 e. The van der Waals surface area contributed by atoms with Gasteiger partial charge in [-0.05, 0) is 42.0 Å². The molecule has 1 unspecified atom stereocenters. The molecule has 0 saturated carbocycles. The smallest absolute Gasteiger partial charge is 0.0880 e. The first-order valence-electron chi connectivity index (χ1n) is 5.29. The van der Waals surface area contributed by atoms with E-state index in [1.165, 1.54) is 0 Å². The second-order valence-electron chi connectivity index (χ2n) is 3.77. The first-order chi connectivity index (χ1) is 9.02. The Morgan fingerprint density at radius 3 is 2.00 bits per heavy atom. The van der Waals surface area contributed by atoms with Gasteiger partial charge in [0.05, 0.1) is 32.3 Å². The number of halogens is 3. The van der Waals surface area contributed by atoms with E-state index < -0.39 is 10.8 Å². The topological polar surface area (TPSA) is 37.3 Å². The first-order valence-corrected chi connectivity index (χ1v) is 7.57. The summed E-state index contributed by atoms with van der Waals surface area (Å²) in [7, 11) is -1.49. The van der Waals surface area contributed by atoms with Crippen molar-refractivity contribution in [2.45, 2.75) is 16.4 Å². The van der Waals surface area contributed by atoms with E-state index in [2.05, 4.69) is 0 Å².